The second kappa shape index (κ2) is 5.00. The molecule has 0 N–H and O–H groups in total. The lowest BCUT2D eigenvalue weighted by Crippen LogP contribution is -2.16. The number of aryl methyl sites for hydroxylation is 2. The van der Waals surface area contributed by atoms with Gasteiger partial charge in [-0.1, -0.05) is 0 Å². The SMILES string of the molecule is CCn1nc(C)cc1C(=O)c1ccc2c(c1)OCCO2. The number of hydrogen-bond donors (Lipinski definition) is 0. The largest absolute Gasteiger partial charge is 0.486 e. The van der Waals surface area contributed by atoms with Crippen molar-refractivity contribution < 1.29 is 14.3 Å². The second-order valence-electron chi connectivity index (χ2n) is 4.67. The summed E-state index contributed by atoms with van der Waals surface area (Å²) in [7, 11) is 0. The third-order valence-corrected chi connectivity index (χ3v) is 3.24. The molecule has 5 nitrogen and oxygen atoms in total. The van der Waals surface area contributed by atoms with Gasteiger partial charge in [0.15, 0.2) is 11.5 Å². The summed E-state index contributed by atoms with van der Waals surface area (Å²) in [6, 6.07) is 7.08. The molecule has 0 spiro atoms. The van der Waals surface area contributed by atoms with Gasteiger partial charge >= 0.3 is 0 Å². The van der Waals surface area contributed by atoms with Gasteiger partial charge in [0.25, 0.3) is 0 Å². The van der Waals surface area contributed by atoms with Crippen molar-refractivity contribution in [2.45, 2.75) is 20.4 Å². The van der Waals surface area contributed by atoms with Crippen LogP contribution in [0.1, 0.15) is 28.7 Å². The van der Waals surface area contributed by atoms with Crippen LogP contribution < -0.4 is 9.47 Å². The maximum atomic E-state index is 12.6. The minimum atomic E-state index is -0.0515. The number of ether oxygens (including phenoxy) is 2. The van der Waals surface area contributed by atoms with E-state index >= 15 is 0 Å². The van der Waals surface area contributed by atoms with Crippen molar-refractivity contribution in [1.29, 1.82) is 0 Å². The lowest BCUT2D eigenvalue weighted by Gasteiger charge is -2.18. The summed E-state index contributed by atoms with van der Waals surface area (Å²) in [4.78, 5) is 12.6. The van der Waals surface area contributed by atoms with Gasteiger partial charge in [-0.25, -0.2) is 0 Å². The van der Waals surface area contributed by atoms with Gasteiger partial charge < -0.3 is 9.47 Å². The number of aromatic nitrogens is 2. The van der Waals surface area contributed by atoms with Crippen LogP contribution in [-0.4, -0.2) is 28.8 Å². The molecule has 104 valence electrons. The van der Waals surface area contributed by atoms with Crippen molar-refractivity contribution in [2.24, 2.45) is 0 Å². The number of carbonyl (C=O) groups excluding carboxylic acids is 1. The van der Waals surface area contributed by atoms with E-state index in [1.54, 1.807) is 22.9 Å². The fourth-order valence-corrected chi connectivity index (χ4v) is 2.30. The molecule has 0 radical (unpaired) electrons. The molecule has 1 aromatic carbocycles. The van der Waals surface area contributed by atoms with Crippen molar-refractivity contribution in [3.8, 4) is 11.5 Å². The third-order valence-electron chi connectivity index (χ3n) is 3.24. The van der Waals surface area contributed by atoms with Crippen molar-refractivity contribution in [3.63, 3.8) is 0 Å². The van der Waals surface area contributed by atoms with E-state index in [1.165, 1.54) is 0 Å². The smallest absolute Gasteiger partial charge is 0.211 e. The first-order valence-electron chi connectivity index (χ1n) is 6.68. The van der Waals surface area contributed by atoms with Gasteiger partial charge in [-0.15, -0.1) is 0 Å². The zero-order valence-electron chi connectivity index (χ0n) is 11.5. The number of rotatable bonds is 3. The van der Waals surface area contributed by atoms with E-state index in [0.717, 1.165) is 5.69 Å². The first-order chi connectivity index (χ1) is 9.69. The van der Waals surface area contributed by atoms with Crippen LogP contribution in [-0.2, 0) is 6.54 Å². The standard InChI is InChI=1S/C15H16N2O3/c1-3-17-12(8-10(2)16-17)15(18)11-4-5-13-14(9-11)20-7-6-19-13/h4-5,8-9H,3,6-7H2,1-2H3. The van der Waals surface area contributed by atoms with E-state index in [-0.39, 0.29) is 5.78 Å². The van der Waals surface area contributed by atoms with E-state index in [0.29, 0.717) is 42.5 Å². The van der Waals surface area contributed by atoms with Crippen LogP contribution in [0.15, 0.2) is 24.3 Å². The molecule has 5 heteroatoms. The highest BCUT2D eigenvalue weighted by molar-refractivity contribution is 6.08. The summed E-state index contributed by atoms with van der Waals surface area (Å²) in [6.07, 6.45) is 0. The molecule has 0 saturated heterocycles. The Hall–Kier alpha value is -2.30. The molecule has 2 heterocycles. The maximum absolute atomic E-state index is 12.6. The molecular weight excluding hydrogens is 256 g/mol. The molecule has 3 rings (SSSR count). The number of benzene rings is 1. The molecule has 1 aliphatic rings. The molecule has 0 fully saturated rings. The molecule has 0 saturated carbocycles. The van der Waals surface area contributed by atoms with Gasteiger partial charge in [0, 0.05) is 12.1 Å². The van der Waals surface area contributed by atoms with Crippen LogP contribution in [0.25, 0.3) is 0 Å². The number of fused-ring (bicyclic) bond motifs is 1. The van der Waals surface area contributed by atoms with Crippen LogP contribution in [0.4, 0.5) is 0 Å². The zero-order valence-corrected chi connectivity index (χ0v) is 11.5. The molecule has 1 aliphatic heterocycles. The molecule has 20 heavy (non-hydrogen) atoms. The minimum Gasteiger partial charge on any atom is -0.486 e. The molecule has 0 aliphatic carbocycles. The van der Waals surface area contributed by atoms with Crippen LogP contribution in [0, 0.1) is 6.92 Å². The zero-order chi connectivity index (χ0) is 14.1. The second-order valence-corrected chi connectivity index (χ2v) is 4.67. The summed E-state index contributed by atoms with van der Waals surface area (Å²) in [6.45, 7) is 5.57. The Morgan fingerprint density at radius 2 is 2.00 bits per heavy atom. The lowest BCUT2D eigenvalue weighted by molar-refractivity contribution is 0.102. The van der Waals surface area contributed by atoms with E-state index < -0.39 is 0 Å². The highest BCUT2D eigenvalue weighted by Gasteiger charge is 2.19. The predicted molar refractivity (Wildman–Crippen MR) is 73.5 cm³/mol. The van der Waals surface area contributed by atoms with E-state index in [9.17, 15) is 4.79 Å². The fraction of sp³-hybridized carbons (Fsp3) is 0.333. The van der Waals surface area contributed by atoms with Gasteiger partial charge in [0.2, 0.25) is 5.78 Å². The Balaban J connectivity index is 1.97. The number of ketones is 1. The van der Waals surface area contributed by atoms with Gasteiger partial charge in [-0.2, -0.15) is 5.10 Å². The van der Waals surface area contributed by atoms with Crippen LogP contribution in [0.2, 0.25) is 0 Å². The Bertz CT molecular complexity index is 661. The van der Waals surface area contributed by atoms with E-state index in [2.05, 4.69) is 5.10 Å². The van der Waals surface area contributed by atoms with E-state index in [1.807, 2.05) is 19.9 Å². The summed E-state index contributed by atoms with van der Waals surface area (Å²) in [5, 5.41) is 4.30. The Morgan fingerprint density at radius 1 is 1.25 bits per heavy atom. The molecule has 0 atom stereocenters. The minimum absolute atomic E-state index is 0.0515. The summed E-state index contributed by atoms with van der Waals surface area (Å²) in [5.74, 6) is 1.26. The topological polar surface area (TPSA) is 53.4 Å². The van der Waals surface area contributed by atoms with Gasteiger partial charge in [0.05, 0.1) is 5.69 Å². The highest BCUT2D eigenvalue weighted by atomic mass is 16.6. The Kier molecular flexibility index (Phi) is 3.18. The third kappa shape index (κ3) is 2.15. The van der Waals surface area contributed by atoms with Gasteiger partial charge in [-0.3, -0.25) is 9.48 Å². The fourth-order valence-electron chi connectivity index (χ4n) is 2.30. The first-order valence-corrected chi connectivity index (χ1v) is 6.68. The number of nitrogens with zero attached hydrogens (tertiary/aromatic N) is 2. The van der Waals surface area contributed by atoms with Gasteiger partial charge in [0.1, 0.15) is 18.9 Å². The van der Waals surface area contributed by atoms with Crippen molar-refractivity contribution in [2.75, 3.05) is 13.2 Å². The summed E-state index contributed by atoms with van der Waals surface area (Å²) >= 11 is 0. The monoisotopic (exact) mass is 272 g/mol. The Morgan fingerprint density at radius 3 is 2.75 bits per heavy atom. The van der Waals surface area contributed by atoms with Crippen LogP contribution >= 0.6 is 0 Å². The van der Waals surface area contributed by atoms with E-state index in [4.69, 9.17) is 9.47 Å². The van der Waals surface area contributed by atoms with Crippen molar-refractivity contribution >= 4 is 5.78 Å². The van der Waals surface area contributed by atoms with Gasteiger partial charge in [-0.05, 0) is 38.1 Å². The Labute approximate surface area is 117 Å². The molecule has 2 aromatic rings. The molecular formula is C15H16N2O3. The quantitative estimate of drug-likeness (QED) is 0.804. The summed E-state index contributed by atoms with van der Waals surface area (Å²) < 4.78 is 12.7. The average molecular weight is 272 g/mol. The maximum Gasteiger partial charge on any atom is 0.211 e. The molecule has 0 unspecified atom stereocenters. The van der Waals surface area contributed by atoms with Crippen molar-refractivity contribution in [3.05, 3.63) is 41.2 Å². The molecule has 1 aromatic heterocycles. The first kappa shape index (κ1) is 12.7. The number of carbonyl (C=O) groups is 1. The average Bonchev–Trinajstić information content (AvgIpc) is 2.87. The normalized spacial score (nSPS) is 13.3. The molecule has 0 bridgehead atoms. The number of hydrogen-bond acceptors (Lipinski definition) is 4. The summed E-state index contributed by atoms with van der Waals surface area (Å²) in [5.41, 5.74) is 2.03. The van der Waals surface area contributed by atoms with Crippen LogP contribution in [0.3, 0.4) is 0 Å². The molecule has 0 amide bonds. The predicted octanol–water partition coefficient (Wildman–Crippen LogP) is 2.21. The van der Waals surface area contributed by atoms with Crippen LogP contribution in [0.5, 0.6) is 11.5 Å². The highest BCUT2D eigenvalue weighted by Crippen LogP contribution is 2.31. The lowest BCUT2D eigenvalue weighted by atomic mass is 10.1. The van der Waals surface area contributed by atoms with Crippen molar-refractivity contribution in [1.82, 2.24) is 9.78 Å².